The van der Waals surface area contributed by atoms with Gasteiger partial charge in [0.2, 0.25) is 5.91 Å². The summed E-state index contributed by atoms with van der Waals surface area (Å²) in [5.74, 6) is 0.747. The molecular formula is C20H23N5O. The number of aryl methyl sites for hydroxylation is 1. The molecule has 0 bridgehead atoms. The molecule has 1 amide bonds. The van der Waals surface area contributed by atoms with Crippen molar-refractivity contribution in [2.24, 2.45) is 7.05 Å². The van der Waals surface area contributed by atoms with Crippen molar-refractivity contribution >= 4 is 5.91 Å². The minimum absolute atomic E-state index is 0.0976. The Hall–Kier alpha value is -2.89. The lowest BCUT2D eigenvalue weighted by Gasteiger charge is -2.36. The molecule has 2 aromatic heterocycles. The van der Waals surface area contributed by atoms with E-state index in [2.05, 4.69) is 20.7 Å². The molecule has 0 saturated carbocycles. The van der Waals surface area contributed by atoms with Gasteiger partial charge in [-0.05, 0) is 31.4 Å². The quantitative estimate of drug-likeness (QED) is 0.727. The van der Waals surface area contributed by atoms with Crippen LogP contribution in [0.1, 0.15) is 31.0 Å². The van der Waals surface area contributed by atoms with E-state index in [9.17, 15) is 4.79 Å². The van der Waals surface area contributed by atoms with Gasteiger partial charge in [-0.3, -0.25) is 4.79 Å². The fourth-order valence-electron chi connectivity index (χ4n) is 3.68. The maximum absolute atomic E-state index is 13.0. The molecule has 26 heavy (non-hydrogen) atoms. The number of hydrogen-bond donors (Lipinski definition) is 0. The standard InChI is InChI=1S/C20H23N5O/c1-23-12-7-11-17(23)18-10-5-6-13-25(18)19(26)14-24-15-21-20(22-24)16-8-3-2-4-9-16/h2-4,7-9,11-12,15,18H,5-6,10,13-14H2,1H3/t18-/m0/s1. The van der Waals surface area contributed by atoms with Crippen molar-refractivity contribution < 1.29 is 4.79 Å². The van der Waals surface area contributed by atoms with E-state index in [1.54, 1.807) is 11.0 Å². The number of amides is 1. The van der Waals surface area contributed by atoms with E-state index >= 15 is 0 Å². The first-order valence-corrected chi connectivity index (χ1v) is 9.08. The summed E-state index contributed by atoms with van der Waals surface area (Å²) in [5.41, 5.74) is 2.15. The zero-order valence-corrected chi connectivity index (χ0v) is 15.0. The number of carbonyl (C=O) groups is 1. The van der Waals surface area contributed by atoms with Gasteiger partial charge in [0, 0.05) is 31.0 Å². The summed E-state index contributed by atoms with van der Waals surface area (Å²) in [4.78, 5) is 19.3. The van der Waals surface area contributed by atoms with Crippen LogP contribution in [0.3, 0.4) is 0 Å². The molecule has 3 heterocycles. The number of nitrogens with zero attached hydrogens (tertiary/aromatic N) is 5. The highest BCUT2D eigenvalue weighted by molar-refractivity contribution is 5.76. The summed E-state index contributed by atoms with van der Waals surface area (Å²) < 4.78 is 3.75. The van der Waals surface area contributed by atoms with Crippen LogP contribution in [0.2, 0.25) is 0 Å². The summed E-state index contributed by atoms with van der Waals surface area (Å²) in [6.07, 6.45) is 6.90. The maximum atomic E-state index is 13.0. The number of rotatable bonds is 4. The molecule has 0 aliphatic carbocycles. The van der Waals surface area contributed by atoms with Crippen molar-refractivity contribution in [1.82, 2.24) is 24.2 Å². The monoisotopic (exact) mass is 349 g/mol. The van der Waals surface area contributed by atoms with Crippen LogP contribution in [0.5, 0.6) is 0 Å². The summed E-state index contributed by atoms with van der Waals surface area (Å²) in [6, 6.07) is 14.1. The van der Waals surface area contributed by atoms with Crippen molar-refractivity contribution in [3.63, 3.8) is 0 Å². The van der Waals surface area contributed by atoms with Gasteiger partial charge in [-0.15, -0.1) is 0 Å². The van der Waals surface area contributed by atoms with Crippen molar-refractivity contribution in [3.05, 3.63) is 60.7 Å². The number of hydrogen-bond acceptors (Lipinski definition) is 3. The molecule has 3 aromatic rings. The Morgan fingerprint density at radius 3 is 2.77 bits per heavy atom. The number of benzene rings is 1. The Morgan fingerprint density at radius 2 is 2.00 bits per heavy atom. The van der Waals surface area contributed by atoms with Crippen molar-refractivity contribution in [2.75, 3.05) is 6.54 Å². The third-order valence-corrected chi connectivity index (χ3v) is 5.01. The third-order valence-electron chi connectivity index (χ3n) is 5.01. The minimum atomic E-state index is 0.0976. The summed E-state index contributed by atoms with van der Waals surface area (Å²) >= 11 is 0. The maximum Gasteiger partial charge on any atom is 0.244 e. The molecule has 0 unspecified atom stereocenters. The number of likely N-dealkylation sites (tertiary alicyclic amines) is 1. The van der Waals surface area contributed by atoms with E-state index in [4.69, 9.17) is 0 Å². The Labute approximate surface area is 153 Å². The van der Waals surface area contributed by atoms with Crippen LogP contribution >= 0.6 is 0 Å². The predicted octanol–water partition coefficient (Wildman–Crippen LogP) is 3.04. The smallest absolute Gasteiger partial charge is 0.244 e. The van der Waals surface area contributed by atoms with Crippen LogP contribution in [-0.4, -0.2) is 36.7 Å². The first-order chi connectivity index (χ1) is 12.7. The molecule has 1 saturated heterocycles. The molecule has 6 heteroatoms. The van der Waals surface area contributed by atoms with E-state index in [0.717, 1.165) is 31.4 Å². The highest BCUT2D eigenvalue weighted by Crippen LogP contribution is 2.31. The van der Waals surface area contributed by atoms with E-state index in [1.807, 2.05) is 54.5 Å². The zero-order valence-electron chi connectivity index (χ0n) is 15.0. The normalized spacial score (nSPS) is 17.4. The van der Waals surface area contributed by atoms with Gasteiger partial charge in [-0.2, -0.15) is 5.10 Å². The van der Waals surface area contributed by atoms with Crippen LogP contribution in [0.15, 0.2) is 55.0 Å². The predicted molar refractivity (Wildman–Crippen MR) is 99.2 cm³/mol. The van der Waals surface area contributed by atoms with Gasteiger partial charge >= 0.3 is 0 Å². The minimum Gasteiger partial charge on any atom is -0.353 e. The summed E-state index contributed by atoms with van der Waals surface area (Å²) in [5, 5.41) is 4.47. The average Bonchev–Trinajstić information content (AvgIpc) is 3.31. The van der Waals surface area contributed by atoms with Gasteiger partial charge in [0.1, 0.15) is 12.9 Å². The summed E-state index contributed by atoms with van der Waals surface area (Å²) in [7, 11) is 2.04. The van der Waals surface area contributed by atoms with E-state index in [-0.39, 0.29) is 18.5 Å². The summed E-state index contributed by atoms with van der Waals surface area (Å²) in [6.45, 7) is 1.02. The Kier molecular flexibility index (Phi) is 4.56. The highest BCUT2D eigenvalue weighted by Gasteiger charge is 2.29. The van der Waals surface area contributed by atoms with Gasteiger partial charge in [0.15, 0.2) is 5.82 Å². The second kappa shape index (κ2) is 7.15. The fraction of sp³-hybridized carbons (Fsp3) is 0.350. The van der Waals surface area contributed by atoms with E-state index in [1.165, 1.54) is 5.69 Å². The number of carbonyl (C=O) groups excluding carboxylic acids is 1. The van der Waals surface area contributed by atoms with Crippen molar-refractivity contribution in [3.8, 4) is 11.4 Å². The Bertz CT molecular complexity index is 883. The molecule has 0 radical (unpaired) electrons. The molecule has 1 atom stereocenters. The molecule has 6 nitrogen and oxygen atoms in total. The van der Waals surface area contributed by atoms with Gasteiger partial charge < -0.3 is 9.47 Å². The lowest BCUT2D eigenvalue weighted by atomic mass is 9.99. The first kappa shape index (κ1) is 16.6. The van der Waals surface area contributed by atoms with E-state index < -0.39 is 0 Å². The largest absolute Gasteiger partial charge is 0.353 e. The van der Waals surface area contributed by atoms with Crippen LogP contribution in [0.4, 0.5) is 0 Å². The Morgan fingerprint density at radius 1 is 1.15 bits per heavy atom. The second-order valence-corrected chi connectivity index (χ2v) is 6.77. The van der Waals surface area contributed by atoms with Crippen molar-refractivity contribution in [1.29, 1.82) is 0 Å². The number of aromatic nitrogens is 4. The van der Waals surface area contributed by atoms with Crippen LogP contribution in [0.25, 0.3) is 11.4 Å². The highest BCUT2D eigenvalue weighted by atomic mass is 16.2. The van der Waals surface area contributed by atoms with Gasteiger partial charge in [-0.1, -0.05) is 30.3 Å². The molecule has 1 aliphatic rings. The molecule has 1 fully saturated rings. The lowest BCUT2D eigenvalue weighted by Crippen LogP contribution is -2.41. The SMILES string of the molecule is Cn1cccc1[C@@H]1CCCCN1C(=O)Cn1cnc(-c2ccccc2)n1. The average molecular weight is 349 g/mol. The van der Waals surface area contributed by atoms with Gasteiger partial charge in [0.25, 0.3) is 0 Å². The first-order valence-electron chi connectivity index (χ1n) is 9.08. The molecule has 0 spiro atoms. The number of piperidine rings is 1. The topological polar surface area (TPSA) is 56.0 Å². The molecule has 1 aromatic carbocycles. The third kappa shape index (κ3) is 3.27. The molecular weight excluding hydrogens is 326 g/mol. The van der Waals surface area contributed by atoms with Crippen LogP contribution in [-0.2, 0) is 18.4 Å². The Balaban J connectivity index is 1.50. The molecule has 0 N–H and O–H groups in total. The van der Waals surface area contributed by atoms with Crippen LogP contribution in [0, 0.1) is 0 Å². The van der Waals surface area contributed by atoms with Crippen molar-refractivity contribution in [2.45, 2.75) is 31.8 Å². The lowest BCUT2D eigenvalue weighted by molar-refractivity contribution is -0.136. The second-order valence-electron chi connectivity index (χ2n) is 6.77. The molecule has 134 valence electrons. The van der Waals surface area contributed by atoms with Gasteiger partial charge in [-0.25, -0.2) is 9.67 Å². The molecule has 1 aliphatic heterocycles. The van der Waals surface area contributed by atoms with E-state index in [0.29, 0.717) is 5.82 Å². The molecule has 4 rings (SSSR count). The van der Waals surface area contributed by atoms with Gasteiger partial charge in [0.05, 0.1) is 6.04 Å². The van der Waals surface area contributed by atoms with Crippen LogP contribution < -0.4 is 0 Å². The zero-order chi connectivity index (χ0) is 17.9. The fourth-order valence-corrected chi connectivity index (χ4v) is 3.68.